The molecule has 6 nitrogen and oxygen atoms in total. The highest BCUT2D eigenvalue weighted by molar-refractivity contribution is 5.95. The number of urea groups is 1. The molecule has 6 heteroatoms. The highest BCUT2D eigenvalue weighted by atomic mass is 16.5. The van der Waals surface area contributed by atoms with E-state index in [1.165, 1.54) is 6.07 Å². The van der Waals surface area contributed by atoms with E-state index in [0.717, 1.165) is 0 Å². The Balaban J connectivity index is 2.59. The summed E-state index contributed by atoms with van der Waals surface area (Å²) in [6, 6.07) is 5.96. The minimum Gasteiger partial charge on any atom is -0.383 e. The first-order chi connectivity index (χ1) is 8.52. The van der Waals surface area contributed by atoms with Gasteiger partial charge in [-0.25, -0.2) is 4.79 Å². The van der Waals surface area contributed by atoms with Crippen LogP contribution in [0, 0.1) is 0 Å². The van der Waals surface area contributed by atoms with Gasteiger partial charge >= 0.3 is 6.03 Å². The Morgan fingerprint density at radius 1 is 1.44 bits per heavy atom. The van der Waals surface area contributed by atoms with Crippen molar-refractivity contribution in [3.63, 3.8) is 0 Å². The van der Waals surface area contributed by atoms with E-state index in [-0.39, 0.29) is 12.1 Å². The minimum atomic E-state index is -0.535. The number of methoxy groups -OCH3 is 1. The van der Waals surface area contributed by atoms with Gasteiger partial charge in [0.1, 0.15) is 0 Å². The number of nitrogens with two attached hydrogens (primary N) is 1. The summed E-state index contributed by atoms with van der Waals surface area (Å²) in [7, 11) is 1.56. The highest BCUT2D eigenvalue weighted by Gasteiger charge is 2.08. The van der Waals surface area contributed by atoms with E-state index >= 15 is 0 Å². The van der Waals surface area contributed by atoms with Crippen LogP contribution in [-0.2, 0) is 4.74 Å². The second-order valence-electron chi connectivity index (χ2n) is 3.90. The summed E-state index contributed by atoms with van der Waals surface area (Å²) < 4.78 is 4.90. The van der Waals surface area contributed by atoms with Crippen LogP contribution in [0.5, 0.6) is 0 Å². The molecule has 0 aliphatic carbocycles. The fourth-order valence-corrected chi connectivity index (χ4v) is 1.43. The van der Waals surface area contributed by atoms with Gasteiger partial charge in [-0.1, -0.05) is 6.07 Å². The molecule has 1 aromatic carbocycles. The van der Waals surface area contributed by atoms with Gasteiger partial charge in [0, 0.05) is 18.4 Å². The lowest BCUT2D eigenvalue weighted by molar-refractivity contribution is 0.100. The standard InChI is InChI=1S/C12H17N3O3/c1-8(7-18-2)14-12(17)15-10-5-3-4-9(6-10)11(13)16/h3-6,8H,7H2,1-2H3,(H2,13,16)(H2,14,15,17)/t8-/m1/s1. The molecule has 18 heavy (non-hydrogen) atoms. The van der Waals surface area contributed by atoms with Gasteiger partial charge in [-0.05, 0) is 25.1 Å². The number of hydrogen-bond acceptors (Lipinski definition) is 3. The minimum absolute atomic E-state index is 0.102. The molecule has 3 amide bonds. The Kier molecular flexibility index (Phi) is 5.13. The van der Waals surface area contributed by atoms with Crippen molar-refractivity contribution in [2.45, 2.75) is 13.0 Å². The summed E-state index contributed by atoms with van der Waals surface area (Å²) in [6.45, 7) is 2.25. The van der Waals surface area contributed by atoms with Crippen LogP contribution in [0.15, 0.2) is 24.3 Å². The van der Waals surface area contributed by atoms with Crippen LogP contribution in [0.3, 0.4) is 0 Å². The molecular formula is C12H17N3O3. The van der Waals surface area contributed by atoms with E-state index in [1.807, 2.05) is 6.92 Å². The quantitative estimate of drug-likeness (QED) is 0.727. The third-order valence-electron chi connectivity index (χ3n) is 2.20. The zero-order chi connectivity index (χ0) is 13.5. The molecule has 0 saturated carbocycles. The summed E-state index contributed by atoms with van der Waals surface area (Å²) in [5.74, 6) is -0.535. The number of ether oxygens (including phenoxy) is 1. The molecule has 0 radical (unpaired) electrons. The highest BCUT2D eigenvalue weighted by Crippen LogP contribution is 2.09. The Bertz CT molecular complexity index is 434. The van der Waals surface area contributed by atoms with Crippen LogP contribution in [0.4, 0.5) is 10.5 Å². The largest absolute Gasteiger partial charge is 0.383 e. The zero-order valence-electron chi connectivity index (χ0n) is 10.4. The van der Waals surface area contributed by atoms with Gasteiger partial charge in [-0.3, -0.25) is 4.79 Å². The maximum Gasteiger partial charge on any atom is 0.319 e. The van der Waals surface area contributed by atoms with Gasteiger partial charge in [0.2, 0.25) is 5.91 Å². The van der Waals surface area contributed by atoms with E-state index in [2.05, 4.69) is 10.6 Å². The zero-order valence-corrected chi connectivity index (χ0v) is 10.4. The Labute approximate surface area is 105 Å². The first kappa shape index (κ1) is 14.0. The van der Waals surface area contributed by atoms with Crippen molar-refractivity contribution in [1.82, 2.24) is 5.32 Å². The second-order valence-corrected chi connectivity index (χ2v) is 3.90. The molecule has 0 aromatic heterocycles. The molecule has 0 unspecified atom stereocenters. The number of benzene rings is 1. The smallest absolute Gasteiger partial charge is 0.319 e. The molecule has 0 spiro atoms. The molecule has 0 bridgehead atoms. The van der Waals surface area contributed by atoms with Gasteiger partial charge in [-0.15, -0.1) is 0 Å². The topological polar surface area (TPSA) is 93.4 Å². The van der Waals surface area contributed by atoms with Crippen LogP contribution >= 0.6 is 0 Å². The van der Waals surface area contributed by atoms with Crippen LogP contribution in [0.25, 0.3) is 0 Å². The Hall–Kier alpha value is -2.08. The third kappa shape index (κ3) is 4.42. The lowest BCUT2D eigenvalue weighted by Crippen LogP contribution is -2.38. The predicted molar refractivity (Wildman–Crippen MR) is 68.5 cm³/mol. The normalized spacial score (nSPS) is 11.7. The van der Waals surface area contributed by atoms with E-state index in [9.17, 15) is 9.59 Å². The Morgan fingerprint density at radius 3 is 2.78 bits per heavy atom. The molecule has 98 valence electrons. The molecule has 1 aromatic rings. The predicted octanol–water partition coefficient (Wildman–Crippen LogP) is 0.942. The monoisotopic (exact) mass is 251 g/mol. The van der Waals surface area contributed by atoms with Crippen LogP contribution < -0.4 is 16.4 Å². The molecule has 0 aliphatic heterocycles. The summed E-state index contributed by atoms with van der Waals surface area (Å²) >= 11 is 0. The summed E-state index contributed by atoms with van der Waals surface area (Å²) in [4.78, 5) is 22.6. The fourth-order valence-electron chi connectivity index (χ4n) is 1.43. The average Bonchev–Trinajstić information content (AvgIpc) is 2.29. The SMILES string of the molecule is COC[C@@H](C)NC(=O)Nc1cccc(C(N)=O)c1. The van der Waals surface area contributed by atoms with Crippen molar-refractivity contribution in [3.8, 4) is 0 Å². The molecule has 0 aliphatic rings. The molecule has 0 fully saturated rings. The number of carbonyl (C=O) groups excluding carboxylic acids is 2. The van der Waals surface area contributed by atoms with Gasteiger partial charge in [0.15, 0.2) is 0 Å². The fraction of sp³-hybridized carbons (Fsp3) is 0.333. The first-order valence-electron chi connectivity index (χ1n) is 5.49. The summed E-state index contributed by atoms with van der Waals surface area (Å²) in [6.07, 6.45) is 0. The molecule has 4 N–H and O–H groups in total. The molecule has 1 atom stereocenters. The molecule has 0 saturated heterocycles. The van der Waals surface area contributed by atoms with Gasteiger partial charge in [0.05, 0.1) is 12.6 Å². The maximum atomic E-state index is 11.6. The van der Waals surface area contributed by atoms with Gasteiger partial charge < -0.3 is 21.1 Å². The number of carbonyl (C=O) groups is 2. The van der Waals surface area contributed by atoms with Crippen LogP contribution in [-0.4, -0.2) is 31.7 Å². The number of amides is 3. The van der Waals surface area contributed by atoms with Crippen LogP contribution in [0.2, 0.25) is 0 Å². The average molecular weight is 251 g/mol. The number of nitrogens with one attached hydrogen (secondary N) is 2. The van der Waals surface area contributed by atoms with E-state index in [4.69, 9.17) is 10.5 Å². The van der Waals surface area contributed by atoms with Crippen molar-refractivity contribution in [3.05, 3.63) is 29.8 Å². The summed E-state index contributed by atoms with van der Waals surface area (Å²) in [5, 5.41) is 5.30. The molecule has 0 heterocycles. The van der Waals surface area contributed by atoms with Crippen LogP contribution in [0.1, 0.15) is 17.3 Å². The van der Waals surface area contributed by atoms with E-state index in [0.29, 0.717) is 17.9 Å². The number of primary amides is 1. The third-order valence-corrected chi connectivity index (χ3v) is 2.20. The maximum absolute atomic E-state index is 11.6. The van der Waals surface area contributed by atoms with Crippen molar-refractivity contribution in [2.24, 2.45) is 5.73 Å². The Morgan fingerprint density at radius 2 is 2.17 bits per heavy atom. The van der Waals surface area contributed by atoms with E-state index in [1.54, 1.807) is 25.3 Å². The van der Waals surface area contributed by atoms with Gasteiger partial charge in [-0.2, -0.15) is 0 Å². The van der Waals surface area contributed by atoms with Crippen molar-refractivity contribution >= 4 is 17.6 Å². The molecular weight excluding hydrogens is 234 g/mol. The number of rotatable bonds is 5. The first-order valence-corrected chi connectivity index (χ1v) is 5.49. The second kappa shape index (κ2) is 6.61. The number of hydrogen-bond donors (Lipinski definition) is 3. The van der Waals surface area contributed by atoms with Crippen molar-refractivity contribution in [1.29, 1.82) is 0 Å². The van der Waals surface area contributed by atoms with Gasteiger partial charge in [0.25, 0.3) is 0 Å². The summed E-state index contributed by atoms with van der Waals surface area (Å²) in [5.41, 5.74) is 6.00. The molecule has 1 rings (SSSR count). The van der Waals surface area contributed by atoms with Crippen molar-refractivity contribution in [2.75, 3.05) is 19.0 Å². The lowest BCUT2D eigenvalue weighted by Gasteiger charge is -2.13. The van der Waals surface area contributed by atoms with Crippen molar-refractivity contribution < 1.29 is 14.3 Å². The lowest BCUT2D eigenvalue weighted by atomic mass is 10.2. The van der Waals surface area contributed by atoms with E-state index < -0.39 is 5.91 Å². The number of anilines is 1.